The Labute approximate surface area is 161 Å². The highest BCUT2D eigenvalue weighted by Gasteiger charge is 2.17. The molecule has 27 heavy (non-hydrogen) atoms. The topological polar surface area (TPSA) is 57.0 Å². The van der Waals surface area contributed by atoms with Crippen molar-refractivity contribution in [2.45, 2.75) is 6.92 Å². The summed E-state index contributed by atoms with van der Waals surface area (Å²) in [6.45, 7) is 2.47. The van der Waals surface area contributed by atoms with Gasteiger partial charge in [-0.3, -0.25) is 4.79 Å². The summed E-state index contributed by atoms with van der Waals surface area (Å²) >= 11 is 6.16. The fraction of sp³-hybridized carbons (Fsp3) is 0.0952. The molecule has 6 heteroatoms. The normalized spacial score (nSPS) is 10.9. The number of para-hydroxylation sites is 1. The van der Waals surface area contributed by atoms with E-state index in [1.807, 2.05) is 37.3 Å². The van der Waals surface area contributed by atoms with Crippen molar-refractivity contribution in [2.75, 3.05) is 6.61 Å². The van der Waals surface area contributed by atoms with Gasteiger partial charge >= 0.3 is 0 Å². The molecule has 0 spiro atoms. The van der Waals surface area contributed by atoms with Gasteiger partial charge in [-0.25, -0.2) is 9.67 Å². The van der Waals surface area contributed by atoms with E-state index in [1.165, 1.54) is 4.68 Å². The molecule has 0 bridgehead atoms. The van der Waals surface area contributed by atoms with Crippen LogP contribution >= 0.6 is 11.6 Å². The monoisotopic (exact) mass is 377 g/mol. The van der Waals surface area contributed by atoms with Gasteiger partial charge in [-0.15, -0.1) is 0 Å². The molecule has 0 aliphatic heterocycles. The second-order valence-corrected chi connectivity index (χ2v) is 6.34. The fourth-order valence-corrected chi connectivity index (χ4v) is 3.16. The van der Waals surface area contributed by atoms with Gasteiger partial charge < -0.3 is 4.74 Å². The highest BCUT2D eigenvalue weighted by atomic mass is 35.5. The molecule has 0 atom stereocenters. The number of hydrogen-bond donors (Lipinski definition) is 0. The maximum Gasteiger partial charge on any atom is 0.278 e. The Hall–Kier alpha value is -3.18. The van der Waals surface area contributed by atoms with Crippen LogP contribution in [0, 0.1) is 0 Å². The number of fused-ring (bicyclic) bond motifs is 1. The van der Waals surface area contributed by atoms with E-state index in [0.717, 1.165) is 11.3 Å². The molecule has 4 rings (SSSR count). The molecule has 0 aliphatic carbocycles. The first kappa shape index (κ1) is 17.2. The summed E-state index contributed by atoms with van der Waals surface area (Å²) < 4.78 is 7.03. The van der Waals surface area contributed by atoms with Gasteiger partial charge in [0.15, 0.2) is 0 Å². The van der Waals surface area contributed by atoms with E-state index < -0.39 is 0 Å². The van der Waals surface area contributed by atoms with Crippen molar-refractivity contribution in [3.63, 3.8) is 0 Å². The molecule has 0 saturated carbocycles. The van der Waals surface area contributed by atoms with Crippen molar-refractivity contribution >= 4 is 28.4 Å². The average molecular weight is 378 g/mol. The van der Waals surface area contributed by atoms with Crippen LogP contribution in [0.3, 0.4) is 0 Å². The van der Waals surface area contributed by atoms with Crippen LogP contribution in [0.15, 0.2) is 67.0 Å². The summed E-state index contributed by atoms with van der Waals surface area (Å²) in [6, 6.07) is 16.4. The van der Waals surface area contributed by atoms with Gasteiger partial charge in [0, 0.05) is 28.4 Å². The number of aromatic nitrogens is 3. The fourth-order valence-electron chi connectivity index (χ4n) is 2.98. The minimum Gasteiger partial charge on any atom is -0.493 e. The zero-order valence-corrected chi connectivity index (χ0v) is 15.3. The maximum absolute atomic E-state index is 13.0. The summed E-state index contributed by atoms with van der Waals surface area (Å²) in [4.78, 5) is 17.8. The van der Waals surface area contributed by atoms with Gasteiger partial charge in [-0.2, -0.15) is 5.10 Å². The molecule has 134 valence electrons. The first-order valence-electron chi connectivity index (χ1n) is 8.54. The van der Waals surface area contributed by atoms with Crippen LogP contribution in [-0.2, 0) is 0 Å². The molecule has 0 N–H and O–H groups in total. The third-order valence-electron chi connectivity index (χ3n) is 4.18. The summed E-state index contributed by atoms with van der Waals surface area (Å²) in [5, 5.41) is 5.28. The van der Waals surface area contributed by atoms with Crippen LogP contribution in [-0.4, -0.2) is 27.3 Å². The van der Waals surface area contributed by atoms with Gasteiger partial charge in [0.05, 0.1) is 23.4 Å². The molecule has 0 aliphatic rings. The van der Waals surface area contributed by atoms with E-state index in [4.69, 9.17) is 21.3 Å². The zero-order valence-electron chi connectivity index (χ0n) is 14.6. The number of benzene rings is 2. The Morgan fingerprint density at radius 3 is 2.78 bits per heavy atom. The number of nitrogens with zero attached hydrogens (tertiary/aromatic N) is 3. The molecule has 2 aromatic heterocycles. The third-order valence-corrected chi connectivity index (χ3v) is 4.41. The summed E-state index contributed by atoms with van der Waals surface area (Å²) in [6.07, 6.45) is 3.19. The van der Waals surface area contributed by atoms with E-state index in [2.05, 4.69) is 5.10 Å². The number of halogens is 1. The van der Waals surface area contributed by atoms with Crippen molar-refractivity contribution in [1.29, 1.82) is 0 Å². The van der Waals surface area contributed by atoms with Crippen molar-refractivity contribution in [2.24, 2.45) is 0 Å². The summed E-state index contributed by atoms with van der Waals surface area (Å²) in [7, 11) is 0. The lowest BCUT2D eigenvalue weighted by atomic mass is 10.0. The highest BCUT2D eigenvalue weighted by molar-refractivity contribution is 6.31. The predicted octanol–water partition coefficient (Wildman–Crippen LogP) is 4.84. The number of hydrogen-bond acceptors (Lipinski definition) is 4. The summed E-state index contributed by atoms with van der Waals surface area (Å²) in [5.41, 5.74) is 2.64. The maximum atomic E-state index is 13.0. The molecule has 5 nitrogen and oxygen atoms in total. The SMILES string of the molecule is CCOc1ccccc1-c1cc(C(=O)n2cccn2)c2cc(Cl)ccc2n1. The largest absolute Gasteiger partial charge is 0.493 e. The molecule has 2 aromatic carbocycles. The quantitative estimate of drug-likeness (QED) is 0.510. The van der Waals surface area contributed by atoms with Crippen LogP contribution in [0.2, 0.25) is 5.02 Å². The Morgan fingerprint density at radius 2 is 2.00 bits per heavy atom. The van der Waals surface area contributed by atoms with E-state index in [9.17, 15) is 4.79 Å². The van der Waals surface area contributed by atoms with Crippen LogP contribution in [0.5, 0.6) is 5.75 Å². The van der Waals surface area contributed by atoms with Crippen molar-refractivity contribution in [3.8, 4) is 17.0 Å². The van der Waals surface area contributed by atoms with Gasteiger partial charge in [0.2, 0.25) is 0 Å². The van der Waals surface area contributed by atoms with Crippen LogP contribution in [0.4, 0.5) is 0 Å². The molecule has 2 heterocycles. The lowest BCUT2D eigenvalue weighted by Gasteiger charge is -2.13. The minimum absolute atomic E-state index is 0.246. The number of carbonyl (C=O) groups excluding carboxylic acids is 1. The van der Waals surface area contributed by atoms with E-state index in [-0.39, 0.29) is 5.91 Å². The van der Waals surface area contributed by atoms with Crippen LogP contribution in [0.1, 0.15) is 17.3 Å². The highest BCUT2D eigenvalue weighted by Crippen LogP contribution is 2.32. The minimum atomic E-state index is -0.246. The van der Waals surface area contributed by atoms with E-state index in [0.29, 0.717) is 33.8 Å². The molecule has 0 unspecified atom stereocenters. The summed E-state index contributed by atoms with van der Waals surface area (Å²) in [5.74, 6) is 0.475. The molecular formula is C21H16ClN3O2. The van der Waals surface area contributed by atoms with E-state index >= 15 is 0 Å². The molecule has 0 fully saturated rings. The Balaban J connectivity index is 1.96. The van der Waals surface area contributed by atoms with Crippen molar-refractivity contribution in [1.82, 2.24) is 14.8 Å². The van der Waals surface area contributed by atoms with Gasteiger partial charge in [0.1, 0.15) is 5.75 Å². The lowest BCUT2D eigenvalue weighted by Crippen LogP contribution is -2.13. The second-order valence-electron chi connectivity index (χ2n) is 5.90. The standard InChI is InChI=1S/C21H16ClN3O2/c1-2-27-20-7-4-3-6-15(20)19-13-17(21(26)25-11-5-10-23-25)16-12-14(22)8-9-18(16)24-19/h3-13H,2H2,1H3. The third kappa shape index (κ3) is 3.29. The Kier molecular flexibility index (Phi) is 4.60. The Bertz CT molecular complexity index is 1120. The molecule has 0 amide bonds. The molecule has 0 saturated heterocycles. The zero-order chi connectivity index (χ0) is 18.8. The van der Waals surface area contributed by atoms with Gasteiger partial charge in [-0.05, 0) is 49.4 Å². The van der Waals surface area contributed by atoms with E-state index in [1.54, 1.807) is 36.7 Å². The Morgan fingerprint density at radius 1 is 1.15 bits per heavy atom. The number of ether oxygens (including phenoxy) is 1. The molecular weight excluding hydrogens is 362 g/mol. The first-order valence-corrected chi connectivity index (χ1v) is 8.92. The van der Waals surface area contributed by atoms with Crippen molar-refractivity contribution in [3.05, 3.63) is 77.6 Å². The van der Waals surface area contributed by atoms with Gasteiger partial charge in [-0.1, -0.05) is 23.7 Å². The number of carbonyl (C=O) groups is 1. The predicted molar refractivity (Wildman–Crippen MR) is 105 cm³/mol. The smallest absolute Gasteiger partial charge is 0.278 e. The number of rotatable bonds is 4. The van der Waals surface area contributed by atoms with Crippen LogP contribution < -0.4 is 4.74 Å². The lowest BCUT2D eigenvalue weighted by molar-refractivity contribution is 0.0946. The first-order chi connectivity index (χ1) is 13.2. The molecule has 0 radical (unpaired) electrons. The van der Waals surface area contributed by atoms with Crippen LogP contribution in [0.25, 0.3) is 22.2 Å². The molecule has 4 aromatic rings. The number of pyridine rings is 1. The second kappa shape index (κ2) is 7.21. The van der Waals surface area contributed by atoms with Crippen molar-refractivity contribution < 1.29 is 9.53 Å². The average Bonchev–Trinajstić information content (AvgIpc) is 3.22. The van der Waals surface area contributed by atoms with Gasteiger partial charge in [0.25, 0.3) is 5.91 Å².